The lowest BCUT2D eigenvalue weighted by atomic mass is 10.2. The molecule has 0 saturated carbocycles. The lowest BCUT2D eigenvalue weighted by Gasteiger charge is -2.08. The monoisotopic (exact) mass is 417 g/mol. The van der Waals surface area contributed by atoms with Gasteiger partial charge in [-0.25, -0.2) is 0 Å². The van der Waals surface area contributed by atoms with E-state index in [2.05, 4.69) is 5.32 Å². The van der Waals surface area contributed by atoms with Crippen LogP contribution in [-0.4, -0.2) is 11.7 Å². The van der Waals surface area contributed by atoms with Crippen molar-refractivity contribution in [3.05, 3.63) is 88.4 Å². The summed E-state index contributed by atoms with van der Waals surface area (Å²) in [5.74, 6) is 2.47. The van der Waals surface area contributed by atoms with Gasteiger partial charge in [0.05, 0.1) is 15.8 Å². The molecule has 0 unspecified atom stereocenters. The number of nitrogens with one attached hydrogen (secondary N) is 1. The van der Waals surface area contributed by atoms with Crippen LogP contribution in [0.4, 0.5) is 5.69 Å². The van der Waals surface area contributed by atoms with Crippen molar-refractivity contribution >= 4 is 46.6 Å². The molecule has 3 aromatic rings. The van der Waals surface area contributed by atoms with Gasteiger partial charge in [0.15, 0.2) is 0 Å². The Labute approximate surface area is 172 Å². The molecule has 6 heteroatoms. The molecule has 3 rings (SSSR count). The molecule has 0 spiro atoms. The highest BCUT2D eigenvalue weighted by molar-refractivity contribution is 7.99. The Morgan fingerprint density at radius 1 is 0.889 bits per heavy atom. The van der Waals surface area contributed by atoms with Gasteiger partial charge in [-0.15, -0.1) is 11.8 Å². The van der Waals surface area contributed by atoms with Crippen molar-refractivity contribution in [2.24, 2.45) is 0 Å². The highest BCUT2D eigenvalue weighted by Crippen LogP contribution is 2.25. The van der Waals surface area contributed by atoms with E-state index in [1.54, 1.807) is 6.07 Å². The van der Waals surface area contributed by atoms with E-state index >= 15 is 0 Å². The number of hydrogen-bond acceptors (Lipinski definition) is 3. The summed E-state index contributed by atoms with van der Waals surface area (Å²) < 4.78 is 5.73. The Balaban J connectivity index is 1.45. The second-order valence-electron chi connectivity index (χ2n) is 5.73. The standard InChI is InChI=1S/C21H17Cl2NO2S/c22-19-11-6-15(12-20(19)23)13-27-14-21(25)24-16-7-9-18(10-8-16)26-17-4-2-1-3-5-17/h1-12H,13-14H2,(H,24,25). The molecule has 138 valence electrons. The summed E-state index contributed by atoms with van der Waals surface area (Å²) in [6.07, 6.45) is 0. The molecule has 0 saturated heterocycles. The normalized spacial score (nSPS) is 10.4. The number of carbonyl (C=O) groups excluding carboxylic acids is 1. The van der Waals surface area contributed by atoms with Crippen molar-refractivity contribution in [3.8, 4) is 11.5 Å². The van der Waals surface area contributed by atoms with Crippen LogP contribution in [0.3, 0.4) is 0 Å². The molecule has 1 N–H and O–H groups in total. The van der Waals surface area contributed by atoms with Gasteiger partial charge < -0.3 is 10.1 Å². The van der Waals surface area contributed by atoms with E-state index in [9.17, 15) is 4.79 Å². The van der Waals surface area contributed by atoms with Crippen LogP contribution in [0.2, 0.25) is 10.0 Å². The minimum atomic E-state index is -0.0585. The largest absolute Gasteiger partial charge is 0.457 e. The van der Waals surface area contributed by atoms with E-state index < -0.39 is 0 Å². The fourth-order valence-corrected chi connectivity index (χ4v) is 3.41. The zero-order valence-electron chi connectivity index (χ0n) is 14.3. The van der Waals surface area contributed by atoms with Gasteiger partial charge in [-0.05, 0) is 54.1 Å². The fraction of sp³-hybridized carbons (Fsp3) is 0.0952. The second kappa shape index (κ2) is 9.70. The van der Waals surface area contributed by atoms with E-state index in [-0.39, 0.29) is 5.91 Å². The zero-order chi connectivity index (χ0) is 19.1. The number of anilines is 1. The summed E-state index contributed by atoms with van der Waals surface area (Å²) in [5, 5.41) is 3.93. The molecule has 0 aliphatic carbocycles. The van der Waals surface area contributed by atoms with Crippen molar-refractivity contribution in [3.63, 3.8) is 0 Å². The van der Waals surface area contributed by atoms with E-state index in [1.165, 1.54) is 11.8 Å². The summed E-state index contributed by atoms with van der Waals surface area (Å²) in [6, 6.07) is 22.3. The van der Waals surface area contributed by atoms with Crippen molar-refractivity contribution in [1.29, 1.82) is 0 Å². The number of rotatable bonds is 7. The Hall–Kier alpha value is -2.14. The van der Waals surface area contributed by atoms with Crippen LogP contribution in [0.5, 0.6) is 11.5 Å². The van der Waals surface area contributed by atoms with Gasteiger partial charge in [-0.3, -0.25) is 4.79 Å². The Kier molecular flexibility index (Phi) is 7.04. The summed E-state index contributed by atoms with van der Waals surface area (Å²) in [7, 11) is 0. The van der Waals surface area contributed by atoms with Crippen molar-refractivity contribution in [2.45, 2.75) is 5.75 Å². The van der Waals surface area contributed by atoms with Gasteiger partial charge in [0.2, 0.25) is 5.91 Å². The Bertz CT molecular complexity index is 902. The van der Waals surface area contributed by atoms with Crippen LogP contribution in [0.1, 0.15) is 5.56 Å². The number of carbonyl (C=O) groups is 1. The lowest BCUT2D eigenvalue weighted by molar-refractivity contribution is -0.113. The topological polar surface area (TPSA) is 38.3 Å². The highest BCUT2D eigenvalue weighted by atomic mass is 35.5. The van der Waals surface area contributed by atoms with Crippen LogP contribution in [0, 0.1) is 0 Å². The summed E-state index contributed by atoms with van der Waals surface area (Å²) >= 11 is 13.4. The SMILES string of the molecule is O=C(CSCc1ccc(Cl)c(Cl)c1)Nc1ccc(Oc2ccccc2)cc1. The van der Waals surface area contributed by atoms with Crippen LogP contribution in [0.25, 0.3) is 0 Å². The zero-order valence-corrected chi connectivity index (χ0v) is 16.7. The molecule has 0 bridgehead atoms. The van der Waals surface area contributed by atoms with Gasteiger partial charge in [0.25, 0.3) is 0 Å². The summed E-state index contributed by atoms with van der Waals surface area (Å²) in [5.41, 5.74) is 1.76. The second-order valence-corrected chi connectivity index (χ2v) is 7.53. The third-order valence-electron chi connectivity index (χ3n) is 3.60. The number of ether oxygens (including phenoxy) is 1. The molecule has 0 radical (unpaired) electrons. The average molecular weight is 418 g/mol. The van der Waals surface area contributed by atoms with Gasteiger partial charge in [0, 0.05) is 11.4 Å². The first kappa shape index (κ1) is 19.6. The fourth-order valence-electron chi connectivity index (χ4n) is 2.32. The van der Waals surface area contributed by atoms with Crippen molar-refractivity contribution in [2.75, 3.05) is 11.1 Å². The number of benzene rings is 3. The molecule has 3 nitrogen and oxygen atoms in total. The highest BCUT2D eigenvalue weighted by Gasteiger charge is 2.05. The molecule has 0 fully saturated rings. The predicted octanol–water partition coefficient (Wildman–Crippen LogP) is 6.66. The van der Waals surface area contributed by atoms with Gasteiger partial charge in [0.1, 0.15) is 11.5 Å². The lowest BCUT2D eigenvalue weighted by Crippen LogP contribution is -2.14. The first-order valence-corrected chi connectivity index (χ1v) is 10.2. The predicted molar refractivity (Wildman–Crippen MR) is 114 cm³/mol. The smallest absolute Gasteiger partial charge is 0.234 e. The quantitative estimate of drug-likeness (QED) is 0.466. The molecule has 0 aliphatic heterocycles. The molecule has 1 amide bonds. The van der Waals surface area contributed by atoms with Gasteiger partial charge in [-0.2, -0.15) is 0 Å². The average Bonchev–Trinajstić information content (AvgIpc) is 2.67. The maximum absolute atomic E-state index is 12.1. The number of thioether (sulfide) groups is 1. The van der Waals surface area contributed by atoms with Gasteiger partial charge >= 0.3 is 0 Å². The van der Waals surface area contributed by atoms with E-state index in [4.69, 9.17) is 27.9 Å². The van der Waals surface area contributed by atoms with Crippen LogP contribution in [-0.2, 0) is 10.5 Å². The molecular weight excluding hydrogens is 401 g/mol. The molecule has 0 aromatic heterocycles. The minimum Gasteiger partial charge on any atom is -0.457 e. The third kappa shape index (κ3) is 6.21. The van der Waals surface area contributed by atoms with Crippen LogP contribution >= 0.6 is 35.0 Å². The molecule has 0 aliphatic rings. The Morgan fingerprint density at radius 2 is 1.59 bits per heavy atom. The summed E-state index contributed by atoms with van der Waals surface area (Å²) in [4.78, 5) is 12.1. The van der Waals surface area contributed by atoms with E-state index in [0.717, 1.165) is 17.0 Å². The summed E-state index contributed by atoms with van der Waals surface area (Å²) in [6.45, 7) is 0. The first-order chi connectivity index (χ1) is 13.1. The van der Waals surface area contributed by atoms with E-state index in [1.807, 2.05) is 66.7 Å². The molecule has 3 aromatic carbocycles. The number of para-hydroxylation sites is 1. The maximum atomic E-state index is 12.1. The van der Waals surface area contributed by atoms with E-state index in [0.29, 0.717) is 27.3 Å². The van der Waals surface area contributed by atoms with Crippen LogP contribution < -0.4 is 10.1 Å². The Morgan fingerprint density at radius 3 is 2.30 bits per heavy atom. The van der Waals surface area contributed by atoms with Crippen molar-refractivity contribution < 1.29 is 9.53 Å². The first-order valence-electron chi connectivity index (χ1n) is 8.24. The molecule has 27 heavy (non-hydrogen) atoms. The molecule has 0 heterocycles. The molecular formula is C21H17Cl2NO2S. The third-order valence-corrected chi connectivity index (χ3v) is 5.35. The minimum absolute atomic E-state index is 0.0585. The van der Waals surface area contributed by atoms with Gasteiger partial charge in [-0.1, -0.05) is 47.5 Å². The van der Waals surface area contributed by atoms with Crippen LogP contribution in [0.15, 0.2) is 72.8 Å². The maximum Gasteiger partial charge on any atom is 0.234 e. The number of amides is 1. The molecule has 0 atom stereocenters. The number of hydrogen-bond donors (Lipinski definition) is 1. The number of halogens is 2. The van der Waals surface area contributed by atoms with Crippen molar-refractivity contribution in [1.82, 2.24) is 0 Å².